The van der Waals surface area contributed by atoms with Crippen LogP contribution in [0, 0.1) is 149 Å². The fraction of sp³-hybridized carbons (Fsp3) is 0.786. The predicted molar refractivity (Wildman–Crippen MR) is 209 cm³/mol. The van der Waals surface area contributed by atoms with Gasteiger partial charge in [-0.2, -0.15) is 92.2 Å². The summed E-state index contributed by atoms with van der Waals surface area (Å²) in [6.45, 7) is 6.17. The summed E-state index contributed by atoms with van der Waals surface area (Å²) in [6.07, 6.45) is -28.9. The van der Waals surface area contributed by atoms with E-state index < -0.39 is 196 Å². The number of Topliss-reactive ketones (excluding diaryl/α,β-unsaturated/α-hetero) is 3. The van der Waals surface area contributed by atoms with Gasteiger partial charge in [0.25, 0.3) is 0 Å². The van der Waals surface area contributed by atoms with Gasteiger partial charge < -0.3 is 30.6 Å². The summed E-state index contributed by atoms with van der Waals surface area (Å²) in [7, 11) is 0. The van der Waals surface area contributed by atoms with E-state index in [1.807, 2.05) is 0 Å². The first kappa shape index (κ1) is 79.6. The molecule has 0 heterocycles. The number of halogens is 21. The fourth-order valence-corrected chi connectivity index (χ4v) is 10.1. The van der Waals surface area contributed by atoms with Crippen molar-refractivity contribution in [3.8, 4) is 0 Å². The SMILES string of the molecule is CC1(C)C(C(=O)O)CCC1(CC(=O)C(F)(F)C(F)(F)C(F)(F)F)C(=O)O.CC1(C)C(C(=O)O)CCC1(CC(=O)C(F)(F)C(F)(F)C(F)(F)F)C(=O)O.CC1(C)C(C(=O)O)CCC1(CC(=O)C(F)(F)C(F)(F)C(F)(F)F)C(=O)O.[Eu].[Eu]. The van der Waals surface area contributed by atoms with Crippen molar-refractivity contribution in [2.45, 2.75) is 153 Å². The average Bonchev–Trinajstić information content (AvgIpc) is 3.78. The third-order valence-electron chi connectivity index (χ3n) is 15.7. The number of hydrogen-bond acceptors (Lipinski definition) is 9. The van der Waals surface area contributed by atoms with Gasteiger partial charge in [-0.25, -0.2) is 0 Å². The summed E-state index contributed by atoms with van der Waals surface area (Å²) in [5.41, 5.74) is -13.2. The number of hydrogen-bond donors (Lipinski definition) is 6. The molecular formula is C42H45Eu2F21O15. The molecule has 38 heteroatoms. The number of carboxylic acids is 6. The normalized spacial score (nSPS) is 25.9. The Labute approximate surface area is 516 Å². The van der Waals surface area contributed by atoms with Gasteiger partial charge in [0.15, 0.2) is 0 Å². The topological polar surface area (TPSA) is 275 Å². The minimum atomic E-state index is -6.74. The molecule has 6 N–H and O–H groups in total. The molecule has 3 saturated carbocycles. The van der Waals surface area contributed by atoms with Crippen LogP contribution in [0.5, 0.6) is 0 Å². The van der Waals surface area contributed by atoms with Crippen molar-refractivity contribution in [2.75, 3.05) is 0 Å². The van der Waals surface area contributed by atoms with Crippen LogP contribution in [-0.4, -0.2) is 138 Å². The quantitative estimate of drug-likeness (QED) is 0.0697. The molecule has 0 aliphatic heterocycles. The van der Waals surface area contributed by atoms with E-state index in [0.717, 1.165) is 41.5 Å². The van der Waals surface area contributed by atoms with Crippen LogP contribution in [0.1, 0.15) is 99.3 Å². The van der Waals surface area contributed by atoms with Gasteiger partial charge in [-0.15, -0.1) is 0 Å². The molecule has 0 bridgehead atoms. The van der Waals surface area contributed by atoms with Gasteiger partial charge in [-0.1, -0.05) is 41.5 Å². The van der Waals surface area contributed by atoms with Crippen molar-refractivity contribution >= 4 is 53.2 Å². The Morgan fingerprint density at radius 2 is 0.487 bits per heavy atom. The molecule has 3 fully saturated rings. The summed E-state index contributed by atoms with van der Waals surface area (Å²) in [6, 6.07) is 0. The number of ketones is 3. The van der Waals surface area contributed by atoms with E-state index in [1.165, 1.54) is 0 Å². The molecule has 0 saturated heterocycles. The molecule has 0 aromatic rings. The molecule has 3 aliphatic carbocycles. The van der Waals surface area contributed by atoms with Crippen molar-refractivity contribution < 1.29 is 265 Å². The van der Waals surface area contributed by atoms with Gasteiger partial charge in [0.2, 0.25) is 17.3 Å². The van der Waals surface area contributed by atoms with E-state index in [4.69, 9.17) is 15.3 Å². The number of aliphatic carboxylic acids is 6. The fourth-order valence-electron chi connectivity index (χ4n) is 10.1. The van der Waals surface area contributed by atoms with Crippen LogP contribution in [0.15, 0.2) is 0 Å². The standard InChI is InChI=1S/3C14H15F7O5.2Eu/c3*1-10(2)6(8(23)24)3-4-11(10,9(25)26)5-7(22)12(15,16)13(17,18)14(19,20)21;;/h3*6H,3-5H2,1-2H3,(H,23,24)(H,25,26);;. The summed E-state index contributed by atoms with van der Waals surface area (Å²) in [4.78, 5) is 103. The molecule has 3 rings (SSSR count). The van der Waals surface area contributed by atoms with Crippen LogP contribution in [0.25, 0.3) is 0 Å². The number of carboxylic acid groups (broad SMARTS) is 6. The second-order valence-electron chi connectivity index (χ2n) is 20.4. The zero-order valence-electron chi connectivity index (χ0n) is 41.1. The monoisotopic (exact) mass is 1490 g/mol. The second kappa shape index (κ2) is 24.9. The van der Waals surface area contributed by atoms with Gasteiger partial charge >= 0.3 is 89.9 Å². The number of alkyl halides is 21. The van der Waals surface area contributed by atoms with Crippen LogP contribution in [0.4, 0.5) is 92.2 Å². The Morgan fingerprint density at radius 3 is 0.588 bits per heavy atom. The second-order valence-corrected chi connectivity index (χ2v) is 20.4. The van der Waals surface area contributed by atoms with Gasteiger partial charge in [0.1, 0.15) is 0 Å². The molecule has 6 atom stereocenters. The van der Waals surface area contributed by atoms with E-state index in [9.17, 15) is 151 Å². The maximum atomic E-state index is 13.6. The molecular weight excluding hydrogens is 1450 g/mol. The number of carbonyl (C=O) groups is 9. The van der Waals surface area contributed by atoms with E-state index in [-0.39, 0.29) is 118 Å². The van der Waals surface area contributed by atoms with E-state index >= 15 is 0 Å². The Hall–Kier alpha value is -2.47. The van der Waals surface area contributed by atoms with Crippen molar-refractivity contribution in [1.29, 1.82) is 0 Å². The molecule has 2 radical (unpaired) electrons. The molecule has 80 heavy (non-hydrogen) atoms. The third-order valence-corrected chi connectivity index (χ3v) is 15.7. The zero-order chi connectivity index (χ0) is 62.8. The number of carbonyl (C=O) groups excluding carboxylic acids is 3. The van der Waals surface area contributed by atoms with Crippen LogP contribution in [0.3, 0.4) is 0 Å². The summed E-state index contributed by atoms with van der Waals surface area (Å²) in [5, 5.41) is 55.4. The molecule has 0 spiro atoms. The van der Waals surface area contributed by atoms with Crippen molar-refractivity contribution in [2.24, 2.45) is 50.2 Å². The van der Waals surface area contributed by atoms with Crippen LogP contribution >= 0.6 is 0 Å². The van der Waals surface area contributed by atoms with E-state index in [0.29, 0.717) is 0 Å². The largest absolute Gasteiger partial charge is 0.481 e. The van der Waals surface area contributed by atoms with E-state index in [2.05, 4.69) is 0 Å². The maximum Gasteiger partial charge on any atom is 0.460 e. The van der Waals surface area contributed by atoms with Gasteiger partial charge in [0.05, 0.1) is 34.0 Å². The zero-order valence-corrected chi connectivity index (χ0v) is 46.0. The molecule has 6 unspecified atom stereocenters. The molecule has 0 aromatic heterocycles. The summed E-state index contributed by atoms with van der Waals surface area (Å²) >= 11 is 0. The average molecular weight is 1490 g/mol. The molecule has 0 aromatic carbocycles. The van der Waals surface area contributed by atoms with Gasteiger partial charge in [0, 0.05) is 118 Å². The van der Waals surface area contributed by atoms with Crippen molar-refractivity contribution in [1.82, 2.24) is 0 Å². The maximum absolute atomic E-state index is 13.6. The third kappa shape index (κ3) is 13.3. The minimum absolute atomic E-state index is 0. The summed E-state index contributed by atoms with van der Waals surface area (Å²) < 4.78 is 269. The number of rotatable bonds is 18. The first-order valence-corrected chi connectivity index (χ1v) is 21.5. The van der Waals surface area contributed by atoms with E-state index in [1.54, 1.807) is 0 Å². The van der Waals surface area contributed by atoms with Crippen LogP contribution < -0.4 is 0 Å². The van der Waals surface area contributed by atoms with Crippen LogP contribution in [0.2, 0.25) is 0 Å². The first-order valence-electron chi connectivity index (χ1n) is 21.5. The molecule has 15 nitrogen and oxygen atoms in total. The minimum Gasteiger partial charge on any atom is -0.481 e. The Bertz CT molecular complexity index is 2150. The molecule has 0 amide bonds. The Balaban J connectivity index is 0. The van der Waals surface area contributed by atoms with Crippen LogP contribution in [-0.2, 0) is 43.2 Å². The Kier molecular flexibility index (Phi) is 24.7. The smallest absolute Gasteiger partial charge is 0.460 e. The molecule has 464 valence electrons. The predicted octanol–water partition coefficient (Wildman–Crippen LogP) is 10.1. The van der Waals surface area contributed by atoms with Gasteiger partial charge in [-0.3, -0.25) is 43.2 Å². The van der Waals surface area contributed by atoms with Gasteiger partial charge in [-0.05, 0) is 54.8 Å². The van der Waals surface area contributed by atoms with Crippen molar-refractivity contribution in [3.05, 3.63) is 0 Å². The first-order chi connectivity index (χ1) is 34.1. The molecule has 3 aliphatic rings. The summed E-state index contributed by atoms with van der Waals surface area (Å²) in [5.74, 6) is -62.0. The van der Waals surface area contributed by atoms with Crippen molar-refractivity contribution in [3.63, 3.8) is 0 Å². The Morgan fingerprint density at radius 1 is 0.338 bits per heavy atom.